The molecule has 1 atom stereocenters. The van der Waals surface area contributed by atoms with Crippen molar-refractivity contribution < 1.29 is 8.42 Å². The first-order chi connectivity index (χ1) is 6.65. The summed E-state index contributed by atoms with van der Waals surface area (Å²) >= 11 is 3.55. The molecule has 0 saturated carbocycles. The highest BCUT2D eigenvalue weighted by Gasteiger charge is 2.42. The van der Waals surface area contributed by atoms with Gasteiger partial charge in [-0.25, -0.2) is 12.7 Å². The van der Waals surface area contributed by atoms with Crippen molar-refractivity contribution in [1.29, 1.82) is 0 Å². The van der Waals surface area contributed by atoms with Gasteiger partial charge in [0.05, 0.1) is 5.75 Å². The Balaban J connectivity index is 2.76. The van der Waals surface area contributed by atoms with Crippen LogP contribution in [-0.2, 0) is 10.0 Å². The summed E-state index contributed by atoms with van der Waals surface area (Å²) in [6.07, 6.45) is 0. The summed E-state index contributed by atoms with van der Waals surface area (Å²) in [6.45, 7) is 9.28. The number of hydrogen-bond donors (Lipinski definition) is 0. The molecule has 1 aliphatic heterocycles. The zero-order valence-corrected chi connectivity index (χ0v) is 12.2. The first-order valence-electron chi connectivity index (χ1n) is 5.27. The van der Waals surface area contributed by atoms with Crippen LogP contribution in [0.2, 0.25) is 0 Å². The van der Waals surface area contributed by atoms with E-state index in [-0.39, 0.29) is 21.9 Å². The molecule has 1 heterocycles. The predicted molar refractivity (Wildman–Crippen MR) is 66.7 cm³/mol. The molecule has 0 amide bonds. The largest absolute Gasteiger partial charge is 0.214 e. The first-order valence-corrected chi connectivity index (χ1v) is 7.79. The van der Waals surface area contributed by atoms with Gasteiger partial charge in [0.15, 0.2) is 0 Å². The average molecular weight is 298 g/mol. The normalized spacial score (nSPS) is 27.5. The Bertz CT molecular complexity index is 324. The smallest absolute Gasteiger partial charge is 0.212 e. The van der Waals surface area contributed by atoms with Gasteiger partial charge in [-0.1, -0.05) is 43.6 Å². The van der Waals surface area contributed by atoms with Gasteiger partial charge in [0.25, 0.3) is 0 Å². The number of nitrogens with zero attached hydrogens (tertiary/aromatic N) is 1. The van der Waals surface area contributed by atoms with E-state index in [0.29, 0.717) is 13.1 Å². The van der Waals surface area contributed by atoms with Gasteiger partial charge >= 0.3 is 0 Å². The fourth-order valence-electron chi connectivity index (χ4n) is 1.78. The second kappa shape index (κ2) is 4.34. The summed E-state index contributed by atoms with van der Waals surface area (Å²) in [7, 11) is -3.06. The van der Waals surface area contributed by atoms with Gasteiger partial charge in [-0.3, -0.25) is 0 Å². The maximum absolute atomic E-state index is 12.0. The van der Waals surface area contributed by atoms with Crippen LogP contribution >= 0.6 is 15.9 Å². The second-order valence-corrected chi connectivity index (χ2v) is 8.54. The number of rotatable bonds is 3. The fraction of sp³-hybridized carbons (Fsp3) is 1.00. The summed E-state index contributed by atoms with van der Waals surface area (Å²) in [6, 6.07) is 0. The van der Waals surface area contributed by atoms with Gasteiger partial charge < -0.3 is 0 Å². The molecule has 0 bridgehead atoms. The highest BCUT2D eigenvalue weighted by Crippen LogP contribution is 2.36. The molecule has 90 valence electrons. The molecule has 0 aromatic heterocycles. The van der Waals surface area contributed by atoms with Crippen molar-refractivity contribution in [2.75, 3.05) is 18.8 Å². The van der Waals surface area contributed by atoms with Crippen LogP contribution in [0.25, 0.3) is 0 Å². The lowest BCUT2D eigenvalue weighted by Crippen LogP contribution is -2.33. The van der Waals surface area contributed by atoms with E-state index in [0.717, 1.165) is 0 Å². The Kier molecular flexibility index (Phi) is 3.89. The van der Waals surface area contributed by atoms with Crippen molar-refractivity contribution in [3.63, 3.8) is 0 Å². The molecule has 0 spiro atoms. The summed E-state index contributed by atoms with van der Waals surface area (Å²) in [4.78, 5) is 0.256. The Hall–Kier alpha value is 0.390. The van der Waals surface area contributed by atoms with Gasteiger partial charge in [-0.2, -0.15) is 0 Å². The van der Waals surface area contributed by atoms with Gasteiger partial charge in [-0.15, -0.1) is 0 Å². The minimum Gasteiger partial charge on any atom is -0.212 e. The van der Waals surface area contributed by atoms with Crippen LogP contribution in [0.5, 0.6) is 0 Å². The molecule has 0 aliphatic carbocycles. The van der Waals surface area contributed by atoms with Crippen LogP contribution in [-0.4, -0.2) is 36.4 Å². The number of hydrogen-bond acceptors (Lipinski definition) is 2. The van der Waals surface area contributed by atoms with Crippen LogP contribution in [0.15, 0.2) is 0 Å². The maximum Gasteiger partial charge on any atom is 0.214 e. The Morgan fingerprint density at radius 3 is 2.33 bits per heavy atom. The van der Waals surface area contributed by atoms with Gasteiger partial charge in [0.1, 0.15) is 0 Å². The van der Waals surface area contributed by atoms with Crippen LogP contribution in [0.3, 0.4) is 0 Å². The van der Waals surface area contributed by atoms with E-state index in [1.165, 1.54) is 0 Å². The van der Waals surface area contributed by atoms with Crippen molar-refractivity contribution in [2.24, 2.45) is 11.3 Å². The zero-order chi connectivity index (χ0) is 11.9. The van der Waals surface area contributed by atoms with E-state index in [1.54, 1.807) is 4.31 Å². The monoisotopic (exact) mass is 297 g/mol. The second-order valence-electron chi connectivity index (χ2n) is 5.42. The lowest BCUT2D eigenvalue weighted by atomic mass is 9.93. The van der Waals surface area contributed by atoms with E-state index < -0.39 is 10.0 Å². The lowest BCUT2D eigenvalue weighted by molar-refractivity contribution is 0.380. The summed E-state index contributed by atoms with van der Waals surface area (Å²) < 4.78 is 25.6. The quantitative estimate of drug-likeness (QED) is 0.748. The summed E-state index contributed by atoms with van der Waals surface area (Å²) in [5.74, 6) is 0.440. The molecule has 3 nitrogen and oxygen atoms in total. The van der Waals surface area contributed by atoms with E-state index in [2.05, 4.69) is 29.8 Å². The van der Waals surface area contributed by atoms with Crippen molar-refractivity contribution >= 4 is 26.0 Å². The first kappa shape index (κ1) is 13.5. The maximum atomic E-state index is 12.0. The predicted octanol–water partition coefficient (Wildman–Crippen LogP) is 2.08. The third-order valence-electron chi connectivity index (χ3n) is 2.73. The minimum absolute atomic E-state index is 0.0318. The highest BCUT2D eigenvalue weighted by molar-refractivity contribution is 9.09. The molecular formula is C10H20BrNO2S. The third kappa shape index (κ3) is 3.17. The molecule has 0 aromatic carbocycles. The summed E-state index contributed by atoms with van der Waals surface area (Å²) in [5.41, 5.74) is 0.0318. The molecule has 1 fully saturated rings. The van der Waals surface area contributed by atoms with E-state index in [1.807, 2.05) is 13.8 Å². The van der Waals surface area contributed by atoms with Gasteiger partial charge in [0.2, 0.25) is 10.0 Å². The van der Waals surface area contributed by atoms with E-state index in [9.17, 15) is 8.42 Å². The molecule has 15 heavy (non-hydrogen) atoms. The Morgan fingerprint density at radius 2 is 2.00 bits per heavy atom. The molecule has 1 unspecified atom stereocenters. The topological polar surface area (TPSA) is 37.4 Å². The molecule has 0 aromatic rings. The minimum atomic E-state index is -3.06. The third-order valence-corrected chi connectivity index (χ3v) is 6.41. The van der Waals surface area contributed by atoms with Gasteiger partial charge in [0, 0.05) is 17.9 Å². The van der Waals surface area contributed by atoms with Crippen LogP contribution in [0.4, 0.5) is 0 Å². The molecular weight excluding hydrogens is 278 g/mol. The van der Waals surface area contributed by atoms with Crippen molar-refractivity contribution in [2.45, 2.75) is 32.5 Å². The molecule has 5 heteroatoms. The Morgan fingerprint density at radius 1 is 1.47 bits per heavy atom. The summed E-state index contributed by atoms with van der Waals surface area (Å²) in [5, 5.41) is 0. The number of alkyl halides is 1. The van der Waals surface area contributed by atoms with E-state index >= 15 is 0 Å². The molecule has 1 saturated heterocycles. The van der Waals surface area contributed by atoms with Crippen molar-refractivity contribution in [3.8, 4) is 0 Å². The zero-order valence-electron chi connectivity index (χ0n) is 9.83. The van der Waals surface area contributed by atoms with Crippen LogP contribution in [0, 0.1) is 11.3 Å². The lowest BCUT2D eigenvalue weighted by Gasteiger charge is -2.21. The van der Waals surface area contributed by atoms with Crippen molar-refractivity contribution in [1.82, 2.24) is 4.31 Å². The number of halogens is 1. The Labute approximate surface area is 101 Å². The molecule has 1 aliphatic rings. The average Bonchev–Trinajstić information content (AvgIpc) is 2.24. The van der Waals surface area contributed by atoms with Crippen LogP contribution < -0.4 is 0 Å². The van der Waals surface area contributed by atoms with Crippen LogP contribution in [0.1, 0.15) is 27.7 Å². The highest BCUT2D eigenvalue weighted by atomic mass is 79.9. The standard InChI is InChI=1S/C10H20BrNO2S/c1-8(2)6-15(13,14)12-5-9(11)10(3,4)7-12/h8-9H,5-7H2,1-4H3. The SMILES string of the molecule is CC(C)CS(=O)(=O)N1CC(Br)C(C)(C)C1. The molecule has 1 rings (SSSR count). The number of sulfonamides is 1. The van der Waals surface area contributed by atoms with Crippen molar-refractivity contribution in [3.05, 3.63) is 0 Å². The van der Waals surface area contributed by atoms with Gasteiger partial charge in [-0.05, 0) is 11.3 Å². The fourth-order valence-corrected chi connectivity index (χ4v) is 4.43. The molecule has 0 radical (unpaired) electrons. The molecule has 0 N–H and O–H groups in total. The van der Waals surface area contributed by atoms with E-state index in [4.69, 9.17) is 0 Å².